The monoisotopic (exact) mass is 358 g/mol. The van der Waals surface area contributed by atoms with Gasteiger partial charge >= 0.3 is 6.09 Å². The van der Waals surface area contributed by atoms with E-state index in [0.29, 0.717) is 18.1 Å². The average molecular weight is 359 g/mol. The van der Waals surface area contributed by atoms with Crippen LogP contribution in [0.25, 0.3) is 0 Å². The Morgan fingerprint density at radius 3 is 2.19 bits per heavy atom. The van der Waals surface area contributed by atoms with Gasteiger partial charge in [0.25, 0.3) is 0 Å². The fourth-order valence-corrected chi connectivity index (χ4v) is 4.39. The van der Waals surface area contributed by atoms with Gasteiger partial charge in [-0.05, 0) is 42.6 Å². The van der Waals surface area contributed by atoms with E-state index in [2.05, 4.69) is 25.7 Å². The molecule has 0 spiro atoms. The first-order valence-electron chi connectivity index (χ1n) is 10.1. The summed E-state index contributed by atoms with van der Waals surface area (Å²) in [6.45, 7) is 11.0. The number of carbonyl (C=O) groups excluding carboxylic acids is 1. The summed E-state index contributed by atoms with van der Waals surface area (Å²) in [7, 11) is 0. The van der Waals surface area contributed by atoms with Crippen molar-refractivity contribution in [1.29, 1.82) is 0 Å². The molecule has 1 aliphatic heterocycles. The molecular weight excluding hydrogens is 324 g/mol. The molecule has 2 aliphatic rings. The summed E-state index contributed by atoms with van der Waals surface area (Å²) in [6.07, 6.45) is 5.12. The molecule has 0 aromatic heterocycles. The van der Waals surface area contributed by atoms with Gasteiger partial charge in [-0.2, -0.15) is 0 Å². The molecule has 0 N–H and O–H groups in total. The Kier molecular flexibility index (Phi) is 6.23. The van der Waals surface area contributed by atoms with E-state index in [4.69, 9.17) is 4.74 Å². The third-order valence-corrected chi connectivity index (χ3v) is 6.22. The number of hydrogen-bond acceptors (Lipinski definition) is 3. The second-order valence-corrected chi connectivity index (χ2v) is 8.93. The minimum Gasteiger partial charge on any atom is -0.445 e. The highest BCUT2D eigenvalue weighted by atomic mass is 16.6. The predicted molar refractivity (Wildman–Crippen MR) is 105 cm³/mol. The summed E-state index contributed by atoms with van der Waals surface area (Å²) in [6, 6.07) is 10.6. The lowest BCUT2D eigenvalue weighted by Crippen LogP contribution is -2.52. The van der Waals surface area contributed by atoms with E-state index in [1.165, 1.54) is 25.7 Å². The number of carbonyl (C=O) groups is 1. The lowest BCUT2D eigenvalue weighted by atomic mass is 9.71. The molecule has 1 aliphatic carbocycles. The SMILES string of the molecule is CC(C)(C)C1CCC(N2CCN(C(=O)OCc3ccccc3)CC2)CC1. The standard InChI is InChI=1S/C22H34N2O2/c1-22(2,3)19-9-11-20(12-10-19)23-13-15-24(16-14-23)21(25)26-17-18-7-5-4-6-8-18/h4-8,19-20H,9-17H2,1-3H3. The molecule has 1 saturated heterocycles. The lowest BCUT2D eigenvalue weighted by molar-refractivity contribution is 0.0409. The fourth-order valence-electron chi connectivity index (χ4n) is 4.39. The minimum absolute atomic E-state index is 0.176. The van der Waals surface area contributed by atoms with E-state index < -0.39 is 0 Å². The quantitative estimate of drug-likeness (QED) is 0.795. The molecule has 1 saturated carbocycles. The van der Waals surface area contributed by atoms with Crippen LogP contribution in [-0.2, 0) is 11.3 Å². The minimum atomic E-state index is -0.176. The van der Waals surface area contributed by atoms with Crippen molar-refractivity contribution in [2.45, 2.75) is 59.1 Å². The van der Waals surface area contributed by atoms with Gasteiger partial charge in [0.1, 0.15) is 6.61 Å². The number of benzene rings is 1. The van der Waals surface area contributed by atoms with Crippen molar-refractivity contribution in [1.82, 2.24) is 9.80 Å². The van der Waals surface area contributed by atoms with E-state index in [-0.39, 0.29) is 6.09 Å². The first-order valence-corrected chi connectivity index (χ1v) is 10.1. The molecule has 0 unspecified atom stereocenters. The molecule has 4 heteroatoms. The maximum atomic E-state index is 12.3. The molecule has 1 amide bonds. The molecule has 2 fully saturated rings. The molecule has 3 rings (SSSR count). The van der Waals surface area contributed by atoms with Gasteiger partial charge < -0.3 is 9.64 Å². The molecule has 4 nitrogen and oxygen atoms in total. The maximum Gasteiger partial charge on any atom is 0.410 e. The number of nitrogens with zero attached hydrogens (tertiary/aromatic N) is 2. The number of piperazine rings is 1. The zero-order valence-electron chi connectivity index (χ0n) is 16.6. The molecule has 1 aromatic carbocycles. The highest BCUT2D eigenvalue weighted by Crippen LogP contribution is 2.39. The molecule has 1 heterocycles. The van der Waals surface area contributed by atoms with Gasteiger partial charge in [0.15, 0.2) is 0 Å². The van der Waals surface area contributed by atoms with Gasteiger partial charge in [0, 0.05) is 32.2 Å². The molecule has 1 aromatic rings. The Morgan fingerprint density at radius 1 is 1.00 bits per heavy atom. The van der Waals surface area contributed by atoms with Crippen molar-refractivity contribution in [3.8, 4) is 0 Å². The largest absolute Gasteiger partial charge is 0.445 e. The molecule has 0 bridgehead atoms. The Balaban J connectivity index is 1.39. The van der Waals surface area contributed by atoms with Gasteiger partial charge in [-0.1, -0.05) is 51.1 Å². The van der Waals surface area contributed by atoms with E-state index in [0.717, 1.165) is 37.7 Å². The average Bonchev–Trinajstić information content (AvgIpc) is 2.66. The normalized spacial score (nSPS) is 25.1. The second-order valence-electron chi connectivity index (χ2n) is 8.93. The Bertz CT molecular complexity index is 566. The second kappa shape index (κ2) is 8.43. The van der Waals surface area contributed by atoms with Gasteiger partial charge in [-0.25, -0.2) is 4.79 Å². The number of hydrogen-bond donors (Lipinski definition) is 0. The van der Waals surface area contributed by atoms with E-state index in [1.807, 2.05) is 35.2 Å². The Morgan fingerprint density at radius 2 is 1.62 bits per heavy atom. The summed E-state index contributed by atoms with van der Waals surface area (Å²) in [5.74, 6) is 0.855. The van der Waals surface area contributed by atoms with Crippen molar-refractivity contribution < 1.29 is 9.53 Å². The molecule has 26 heavy (non-hydrogen) atoms. The van der Waals surface area contributed by atoms with Crippen LogP contribution in [0.3, 0.4) is 0 Å². The van der Waals surface area contributed by atoms with Crippen LogP contribution in [0.1, 0.15) is 52.0 Å². The summed E-state index contributed by atoms with van der Waals surface area (Å²) >= 11 is 0. The molecule has 144 valence electrons. The van der Waals surface area contributed by atoms with E-state index in [9.17, 15) is 4.79 Å². The third kappa shape index (κ3) is 5.00. The van der Waals surface area contributed by atoms with Crippen molar-refractivity contribution >= 4 is 6.09 Å². The highest BCUT2D eigenvalue weighted by Gasteiger charge is 2.33. The summed E-state index contributed by atoms with van der Waals surface area (Å²) in [4.78, 5) is 16.8. The maximum absolute atomic E-state index is 12.3. The van der Waals surface area contributed by atoms with E-state index >= 15 is 0 Å². The highest BCUT2D eigenvalue weighted by molar-refractivity contribution is 5.67. The summed E-state index contributed by atoms with van der Waals surface area (Å²) < 4.78 is 5.47. The zero-order chi connectivity index (χ0) is 18.6. The van der Waals surface area contributed by atoms with Crippen LogP contribution in [-0.4, -0.2) is 48.1 Å². The van der Waals surface area contributed by atoms with Crippen LogP contribution in [0.5, 0.6) is 0 Å². The smallest absolute Gasteiger partial charge is 0.410 e. The topological polar surface area (TPSA) is 32.8 Å². The van der Waals surface area contributed by atoms with Gasteiger partial charge in [0.2, 0.25) is 0 Å². The molecule has 0 radical (unpaired) electrons. The van der Waals surface area contributed by atoms with Crippen molar-refractivity contribution in [3.05, 3.63) is 35.9 Å². The summed E-state index contributed by atoms with van der Waals surface area (Å²) in [5, 5.41) is 0. The van der Waals surface area contributed by atoms with Gasteiger partial charge in [-0.15, -0.1) is 0 Å². The Labute approximate surface area is 158 Å². The van der Waals surface area contributed by atoms with Gasteiger partial charge in [-0.3, -0.25) is 4.90 Å². The number of rotatable bonds is 3. The van der Waals surface area contributed by atoms with Gasteiger partial charge in [0.05, 0.1) is 0 Å². The summed E-state index contributed by atoms with van der Waals surface area (Å²) in [5.41, 5.74) is 1.47. The molecular formula is C22H34N2O2. The van der Waals surface area contributed by atoms with Crippen molar-refractivity contribution in [3.63, 3.8) is 0 Å². The Hall–Kier alpha value is -1.55. The first-order chi connectivity index (χ1) is 12.4. The van der Waals surface area contributed by atoms with Crippen LogP contribution >= 0.6 is 0 Å². The first kappa shape index (κ1) is 19.2. The zero-order valence-corrected chi connectivity index (χ0v) is 16.6. The van der Waals surface area contributed by atoms with Crippen LogP contribution in [0.4, 0.5) is 4.79 Å². The van der Waals surface area contributed by atoms with Crippen LogP contribution in [0.15, 0.2) is 30.3 Å². The molecule has 0 atom stereocenters. The van der Waals surface area contributed by atoms with Crippen LogP contribution in [0, 0.1) is 11.3 Å². The number of amides is 1. The number of ether oxygens (including phenoxy) is 1. The predicted octanol–water partition coefficient (Wildman–Crippen LogP) is 4.55. The van der Waals surface area contributed by atoms with Crippen molar-refractivity contribution in [2.24, 2.45) is 11.3 Å². The van der Waals surface area contributed by atoms with Crippen LogP contribution in [0.2, 0.25) is 0 Å². The van der Waals surface area contributed by atoms with Crippen LogP contribution < -0.4 is 0 Å². The van der Waals surface area contributed by atoms with E-state index in [1.54, 1.807) is 0 Å². The lowest BCUT2D eigenvalue weighted by Gasteiger charge is -2.44. The van der Waals surface area contributed by atoms with Crippen molar-refractivity contribution in [2.75, 3.05) is 26.2 Å². The fraction of sp³-hybridized carbons (Fsp3) is 0.682. The third-order valence-electron chi connectivity index (χ3n) is 6.22.